The Balaban J connectivity index is 1.42. The number of hydrogen-bond donors (Lipinski definition) is 2. The molecule has 2 aromatic heterocycles. The zero-order chi connectivity index (χ0) is 15.9. The summed E-state index contributed by atoms with van der Waals surface area (Å²) in [6.07, 6.45) is 3.45. The fourth-order valence-corrected chi connectivity index (χ4v) is 2.66. The van der Waals surface area contributed by atoms with Crippen LogP contribution in [-0.4, -0.2) is 22.0 Å². The lowest BCUT2D eigenvalue weighted by Crippen LogP contribution is -1.92. The van der Waals surface area contributed by atoms with Gasteiger partial charge < -0.3 is 19.2 Å². The fourth-order valence-electron chi connectivity index (χ4n) is 2.66. The molecule has 5 rings (SSSR count). The number of fused-ring (bicyclic) bond motifs is 2. The number of H-pyrrole nitrogens is 1. The molecule has 0 aliphatic carbocycles. The normalized spacial score (nSPS) is 12.7. The van der Waals surface area contributed by atoms with E-state index in [0.717, 1.165) is 27.9 Å². The first-order valence-electron chi connectivity index (χ1n) is 7.41. The second-order valence-electron chi connectivity index (χ2n) is 5.39. The maximum Gasteiger partial charge on any atom is 0.299 e. The molecule has 0 saturated heterocycles. The van der Waals surface area contributed by atoms with Crippen LogP contribution in [0, 0.1) is 0 Å². The van der Waals surface area contributed by atoms with Gasteiger partial charge in [-0.05, 0) is 36.4 Å². The van der Waals surface area contributed by atoms with E-state index in [4.69, 9.17) is 13.9 Å². The molecule has 0 spiro atoms. The average Bonchev–Trinajstić information content (AvgIpc) is 3.34. The van der Waals surface area contributed by atoms with Crippen molar-refractivity contribution in [3.8, 4) is 22.8 Å². The average molecular weight is 320 g/mol. The molecule has 0 amide bonds. The van der Waals surface area contributed by atoms with Crippen molar-refractivity contribution in [2.45, 2.75) is 0 Å². The highest BCUT2D eigenvalue weighted by Crippen LogP contribution is 2.36. The molecule has 24 heavy (non-hydrogen) atoms. The number of benzene rings is 2. The summed E-state index contributed by atoms with van der Waals surface area (Å²) in [5.41, 5.74) is 2.74. The van der Waals surface area contributed by atoms with E-state index in [0.29, 0.717) is 17.5 Å². The maximum atomic E-state index is 5.78. The van der Waals surface area contributed by atoms with Crippen LogP contribution < -0.4 is 14.8 Å². The third kappa shape index (κ3) is 2.14. The summed E-state index contributed by atoms with van der Waals surface area (Å²) in [4.78, 5) is 4.28. The van der Waals surface area contributed by atoms with E-state index < -0.39 is 0 Å². The van der Waals surface area contributed by atoms with E-state index in [1.807, 2.05) is 36.4 Å². The minimum Gasteiger partial charge on any atom is -0.454 e. The van der Waals surface area contributed by atoms with Crippen LogP contribution in [0.2, 0.25) is 0 Å². The number of rotatable bonds is 3. The third-order valence-corrected chi connectivity index (χ3v) is 3.85. The van der Waals surface area contributed by atoms with Crippen LogP contribution in [0.3, 0.4) is 0 Å². The summed E-state index contributed by atoms with van der Waals surface area (Å²) in [5, 5.41) is 11.1. The Labute approximate surface area is 136 Å². The largest absolute Gasteiger partial charge is 0.454 e. The van der Waals surface area contributed by atoms with Gasteiger partial charge in [-0.15, -0.1) is 0 Å². The molecule has 0 fully saturated rings. The predicted molar refractivity (Wildman–Crippen MR) is 87.4 cm³/mol. The maximum absolute atomic E-state index is 5.78. The van der Waals surface area contributed by atoms with Crippen LogP contribution in [0.25, 0.3) is 22.2 Å². The molecule has 118 valence electrons. The van der Waals surface area contributed by atoms with E-state index in [-0.39, 0.29) is 6.79 Å². The number of oxazole rings is 1. The van der Waals surface area contributed by atoms with Gasteiger partial charge in [0.05, 0.1) is 17.9 Å². The van der Waals surface area contributed by atoms with Crippen molar-refractivity contribution in [2.75, 3.05) is 12.1 Å². The van der Waals surface area contributed by atoms with Crippen molar-refractivity contribution in [3.05, 3.63) is 48.8 Å². The van der Waals surface area contributed by atoms with E-state index in [9.17, 15) is 0 Å². The molecule has 0 unspecified atom stereocenters. The number of aromatic nitrogens is 3. The molecule has 3 heterocycles. The fraction of sp³-hybridized carbons (Fsp3) is 0.0588. The van der Waals surface area contributed by atoms with Crippen LogP contribution in [0.15, 0.2) is 53.2 Å². The molecule has 0 saturated carbocycles. The zero-order valence-electron chi connectivity index (χ0n) is 12.4. The molecule has 2 aromatic carbocycles. The van der Waals surface area contributed by atoms with Crippen LogP contribution in [0.4, 0.5) is 11.7 Å². The number of hydrogen-bond acceptors (Lipinski definition) is 6. The minimum atomic E-state index is 0.248. The van der Waals surface area contributed by atoms with E-state index in [1.165, 1.54) is 0 Å². The summed E-state index contributed by atoms with van der Waals surface area (Å²) in [7, 11) is 0. The standard InChI is InChI=1S/C17H12N4O3/c1-4-14-15(23-9-22-14)6-10(1)16-8-18-17(24-16)20-12-2-3-13-11(5-12)7-19-21-13/h1-8H,9H2,(H,18,20)(H,19,21). The quantitative estimate of drug-likeness (QED) is 0.599. The van der Waals surface area contributed by atoms with Crippen molar-refractivity contribution >= 4 is 22.6 Å². The van der Waals surface area contributed by atoms with Crippen molar-refractivity contribution < 1.29 is 13.9 Å². The van der Waals surface area contributed by atoms with Gasteiger partial charge in [0, 0.05) is 16.6 Å². The van der Waals surface area contributed by atoms with Crippen LogP contribution >= 0.6 is 0 Å². The van der Waals surface area contributed by atoms with Crippen LogP contribution in [0.5, 0.6) is 11.5 Å². The Kier molecular flexibility index (Phi) is 2.72. The second-order valence-corrected chi connectivity index (χ2v) is 5.39. The van der Waals surface area contributed by atoms with Crippen molar-refractivity contribution in [3.63, 3.8) is 0 Å². The summed E-state index contributed by atoms with van der Waals surface area (Å²) in [6.45, 7) is 0.248. The molecular weight excluding hydrogens is 308 g/mol. The van der Waals surface area contributed by atoms with Gasteiger partial charge in [0.2, 0.25) is 6.79 Å². The van der Waals surface area contributed by atoms with E-state index in [1.54, 1.807) is 12.4 Å². The predicted octanol–water partition coefficient (Wildman–Crippen LogP) is 3.69. The summed E-state index contributed by atoms with van der Waals surface area (Å²) in [6, 6.07) is 11.9. The lowest BCUT2D eigenvalue weighted by atomic mass is 10.1. The Morgan fingerprint density at radius 2 is 1.96 bits per heavy atom. The summed E-state index contributed by atoms with van der Waals surface area (Å²) in [5.74, 6) is 2.11. The summed E-state index contributed by atoms with van der Waals surface area (Å²) < 4.78 is 16.5. The molecule has 4 aromatic rings. The molecule has 7 nitrogen and oxygen atoms in total. The molecule has 1 aliphatic rings. The lowest BCUT2D eigenvalue weighted by molar-refractivity contribution is 0.174. The van der Waals surface area contributed by atoms with Crippen molar-refractivity contribution in [2.24, 2.45) is 0 Å². The number of nitrogens with zero attached hydrogens (tertiary/aromatic N) is 2. The monoisotopic (exact) mass is 320 g/mol. The zero-order valence-corrected chi connectivity index (χ0v) is 12.4. The Bertz CT molecular complexity index is 1040. The van der Waals surface area contributed by atoms with Crippen LogP contribution in [0.1, 0.15) is 0 Å². The van der Waals surface area contributed by atoms with Gasteiger partial charge in [0.15, 0.2) is 17.3 Å². The highest BCUT2D eigenvalue weighted by atomic mass is 16.7. The number of anilines is 2. The molecule has 0 bridgehead atoms. The van der Waals surface area contributed by atoms with Gasteiger partial charge in [-0.2, -0.15) is 5.10 Å². The molecule has 7 heteroatoms. The molecule has 1 aliphatic heterocycles. The first-order valence-corrected chi connectivity index (χ1v) is 7.41. The van der Waals surface area contributed by atoms with Gasteiger partial charge in [-0.1, -0.05) is 0 Å². The van der Waals surface area contributed by atoms with Crippen molar-refractivity contribution in [1.82, 2.24) is 15.2 Å². The minimum absolute atomic E-state index is 0.248. The van der Waals surface area contributed by atoms with Crippen LogP contribution in [-0.2, 0) is 0 Å². The lowest BCUT2D eigenvalue weighted by Gasteiger charge is -2.02. The number of aromatic amines is 1. The smallest absolute Gasteiger partial charge is 0.299 e. The molecule has 0 atom stereocenters. The van der Waals surface area contributed by atoms with Gasteiger partial charge in [-0.3, -0.25) is 5.10 Å². The highest BCUT2D eigenvalue weighted by molar-refractivity contribution is 5.82. The number of ether oxygens (including phenoxy) is 2. The topological polar surface area (TPSA) is 85.2 Å². The first kappa shape index (κ1) is 13.0. The van der Waals surface area contributed by atoms with E-state index in [2.05, 4.69) is 20.5 Å². The molecular formula is C17H12N4O3. The van der Waals surface area contributed by atoms with Gasteiger partial charge in [0.25, 0.3) is 6.01 Å². The van der Waals surface area contributed by atoms with Gasteiger partial charge in [0.1, 0.15) is 0 Å². The first-order chi connectivity index (χ1) is 11.8. The molecule has 0 radical (unpaired) electrons. The van der Waals surface area contributed by atoms with Gasteiger partial charge in [-0.25, -0.2) is 4.98 Å². The number of nitrogens with one attached hydrogen (secondary N) is 2. The SMILES string of the molecule is c1cc2[nH]ncc2cc1Nc1ncc(-c2ccc3c(c2)OCO3)o1. The molecule has 2 N–H and O–H groups in total. The Morgan fingerprint density at radius 3 is 2.96 bits per heavy atom. The van der Waals surface area contributed by atoms with Gasteiger partial charge >= 0.3 is 0 Å². The highest BCUT2D eigenvalue weighted by Gasteiger charge is 2.15. The Morgan fingerprint density at radius 1 is 1.00 bits per heavy atom. The Hall–Kier alpha value is -3.48. The second kappa shape index (κ2) is 5.02. The summed E-state index contributed by atoms with van der Waals surface area (Å²) >= 11 is 0. The van der Waals surface area contributed by atoms with Crippen molar-refractivity contribution in [1.29, 1.82) is 0 Å². The third-order valence-electron chi connectivity index (χ3n) is 3.85. The van der Waals surface area contributed by atoms with E-state index >= 15 is 0 Å².